The second-order valence-corrected chi connectivity index (χ2v) is 8.40. The summed E-state index contributed by atoms with van der Waals surface area (Å²) in [6.07, 6.45) is 3.85. The Labute approximate surface area is 169 Å². The third-order valence-corrected chi connectivity index (χ3v) is 6.33. The first-order chi connectivity index (χ1) is 14.1. The number of nitrogens with zero attached hydrogens (tertiary/aromatic N) is 4. The molecule has 1 aromatic heterocycles. The van der Waals surface area contributed by atoms with E-state index >= 15 is 0 Å². The van der Waals surface area contributed by atoms with Gasteiger partial charge in [-0.3, -0.25) is 9.59 Å². The molecule has 2 aromatic rings. The molecule has 3 heterocycles. The molecule has 1 saturated carbocycles. The van der Waals surface area contributed by atoms with Gasteiger partial charge in [0.1, 0.15) is 11.6 Å². The van der Waals surface area contributed by atoms with Crippen molar-refractivity contribution in [3.8, 4) is 5.75 Å². The molecule has 3 aliphatic rings. The highest BCUT2D eigenvalue weighted by atomic mass is 16.5. The van der Waals surface area contributed by atoms with Gasteiger partial charge in [0.2, 0.25) is 11.7 Å². The number of aromatic nitrogens is 3. The first kappa shape index (κ1) is 18.1. The Balaban J connectivity index is 1.26. The van der Waals surface area contributed by atoms with Gasteiger partial charge in [0.15, 0.2) is 0 Å². The van der Waals surface area contributed by atoms with E-state index in [0.29, 0.717) is 42.2 Å². The van der Waals surface area contributed by atoms with Gasteiger partial charge < -0.3 is 19.5 Å². The van der Waals surface area contributed by atoms with Gasteiger partial charge in [0.25, 0.3) is 5.91 Å². The Kier molecular flexibility index (Phi) is 4.49. The van der Waals surface area contributed by atoms with Crippen LogP contribution in [0.3, 0.4) is 0 Å². The number of methoxy groups -OCH3 is 1. The minimum Gasteiger partial charge on any atom is -0.497 e. The lowest BCUT2D eigenvalue weighted by Crippen LogP contribution is -2.31. The fourth-order valence-corrected chi connectivity index (χ4v) is 4.46. The van der Waals surface area contributed by atoms with Crippen molar-refractivity contribution < 1.29 is 14.3 Å². The summed E-state index contributed by atoms with van der Waals surface area (Å²) in [5.74, 6) is 3.29. The lowest BCUT2D eigenvalue weighted by molar-refractivity contribution is -0.130. The van der Waals surface area contributed by atoms with E-state index < -0.39 is 0 Å². The minimum absolute atomic E-state index is 0.271. The van der Waals surface area contributed by atoms with Crippen LogP contribution < -0.4 is 10.1 Å². The molecule has 0 spiro atoms. The number of carbonyl (C=O) groups excluding carboxylic acids is 2. The number of rotatable bonds is 5. The molecular weight excluding hydrogens is 370 g/mol. The molecule has 1 aromatic carbocycles. The summed E-state index contributed by atoms with van der Waals surface area (Å²) in [6.45, 7) is 2.26. The second-order valence-electron chi connectivity index (χ2n) is 8.40. The zero-order chi connectivity index (χ0) is 20.0. The van der Waals surface area contributed by atoms with Gasteiger partial charge in [0, 0.05) is 38.2 Å². The highest BCUT2D eigenvalue weighted by Crippen LogP contribution is 2.36. The van der Waals surface area contributed by atoms with Crippen molar-refractivity contribution in [3.63, 3.8) is 0 Å². The average molecular weight is 395 g/mol. The molecule has 1 N–H and O–H groups in total. The van der Waals surface area contributed by atoms with E-state index in [1.54, 1.807) is 31.4 Å². The number of likely N-dealkylation sites (tertiary alicyclic amines) is 1. The molecule has 152 valence electrons. The summed E-state index contributed by atoms with van der Waals surface area (Å²) in [6, 6.07) is 7.18. The van der Waals surface area contributed by atoms with Crippen molar-refractivity contribution in [2.45, 2.75) is 32.2 Å². The van der Waals surface area contributed by atoms with E-state index in [9.17, 15) is 9.59 Å². The van der Waals surface area contributed by atoms with Gasteiger partial charge in [-0.25, -0.2) is 0 Å². The third-order valence-electron chi connectivity index (χ3n) is 6.33. The highest BCUT2D eigenvalue weighted by molar-refractivity contribution is 6.01. The summed E-state index contributed by atoms with van der Waals surface area (Å²) in [7, 11) is 1.60. The van der Waals surface area contributed by atoms with Gasteiger partial charge in [-0.05, 0) is 54.9 Å². The number of carbonyl (C=O) groups is 2. The van der Waals surface area contributed by atoms with Crippen molar-refractivity contribution >= 4 is 17.5 Å². The predicted octanol–water partition coefficient (Wildman–Crippen LogP) is 1.97. The second kappa shape index (κ2) is 7.17. The largest absolute Gasteiger partial charge is 0.497 e. The zero-order valence-corrected chi connectivity index (χ0v) is 16.5. The molecule has 2 atom stereocenters. The van der Waals surface area contributed by atoms with Gasteiger partial charge in [-0.1, -0.05) is 0 Å². The lowest BCUT2D eigenvalue weighted by Gasteiger charge is -2.25. The van der Waals surface area contributed by atoms with E-state index in [1.807, 2.05) is 9.47 Å². The smallest absolute Gasteiger partial charge is 0.293 e. The molecule has 2 fully saturated rings. The molecular formula is C21H25N5O3. The van der Waals surface area contributed by atoms with E-state index in [1.165, 1.54) is 12.8 Å². The summed E-state index contributed by atoms with van der Waals surface area (Å²) in [5, 5.41) is 11.3. The number of hydrogen-bond donors (Lipinski definition) is 1. The first-order valence-electron chi connectivity index (χ1n) is 10.3. The highest BCUT2D eigenvalue weighted by Gasteiger charge is 2.41. The average Bonchev–Trinajstić information content (AvgIpc) is 3.29. The fourth-order valence-electron chi connectivity index (χ4n) is 4.46. The molecule has 0 bridgehead atoms. The molecule has 0 radical (unpaired) electrons. The maximum atomic E-state index is 12.8. The fraction of sp³-hybridized carbons (Fsp3) is 0.524. The standard InChI is InChI=1S/C21H25N5O3/c1-29-17-6-4-16(5-7-17)22-21(28)20-24-23-18-9-14-10-25(11-15(14)12-26(18)20)19(27)8-13-2-3-13/h4-7,13-15H,2-3,8-12H2,1H3,(H,22,28)/t14-,15-/m0/s1. The van der Waals surface area contributed by atoms with Crippen LogP contribution in [0.25, 0.3) is 0 Å². The first-order valence-corrected chi connectivity index (χ1v) is 10.3. The lowest BCUT2D eigenvalue weighted by atomic mass is 9.89. The van der Waals surface area contributed by atoms with E-state index in [2.05, 4.69) is 15.5 Å². The SMILES string of the molecule is COc1ccc(NC(=O)c2nnc3n2C[C@@H]2CN(C(=O)CC4CC4)C[C@@H]2C3)cc1. The maximum absolute atomic E-state index is 12.8. The number of nitrogens with one attached hydrogen (secondary N) is 1. The van der Waals surface area contributed by atoms with E-state index in [0.717, 1.165) is 31.1 Å². The van der Waals surface area contributed by atoms with Crippen LogP contribution in [0.2, 0.25) is 0 Å². The van der Waals surface area contributed by atoms with Crippen molar-refractivity contribution in [1.82, 2.24) is 19.7 Å². The minimum atomic E-state index is -0.271. The summed E-state index contributed by atoms with van der Waals surface area (Å²) < 4.78 is 7.07. The van der Waals surface area contributed by atoms with Gasteiger partial charge in [0.05, 0.1) is 7.11 Å². The summed E-state index contributed by atoms with van der Waals surface area (Å²) in [4.78, 5) is 27.3. The Morgan fingerprint density at radius 2 is 1.86 bits per heavy atom. The maximum Gasteiger partial charge on any atom is 0.293 e. The Hall–Kier alpha value is -2.90. The molecule has 5 rings (SSSR count). The number of amides is 2. The monoisotopic (exact) mass is 395 g/mol. The number of anilines is 1. The van der Waals surface area contributed by atoms with Crippen LogP contribution >= 0.6 is 0 Å². The van der Waals surface area contributed by atoms with Crippen LogP contribution in [-0.2, 0) is 17.8 Å². The molecule has 8 heteroatoms. The third kappa shape index (κ3) is 3.59. The van der Waals surface area contributed by atoms with Gasteiger partial charge in [-0.2, -0.15) is 0 Å². The molecule has 1 saturated heterocycles. The number of ether oxygens (including phenoxy) is 1. The van der Waals surface area contributed by atoms with Crippen molar-refractivity contribution in [1.29, 1.82) is 0 Å². The predicted molar refractivity (Wildman–Crippen MR) is 106 cm³/mol. The topological polar surface area (TPSA) is 89.3 Å². The van der Waals surface area contributed by atoms with Crippen LogP contribution in [-0.4, -0.2) is 51.7 Å². The number of benzene rings is 1. The molecule has 29 heavy (non-hydrogen) atoms. The van der Waals surface area contributed by atoms with Crippen LogP contribution in [0.15, 0.2) is 24.3 Å². The van der Waals surface area contributed by atoms with Crippen LogP contribution in [0.5, 0.6) is 5.75 Å². The Morgan fingerprint density at radius 3 is 2.59 bits per heavy atom. The van der Waals surface area contributed by atoms with Crippen molar-refractivity contribution in [2.24, 2.45) is 17.8 Å². The summed E-state index contributed by atoms with van der Waals surface area (Å²) in [5.41, 5.74) is 0.680. The number of fused-ring (bicyclic) bond motifs is 2. The molecule has 1 aliphatic carbocycles. The molecule has 0 unspecified atom stereocenters. The van der Waals surface area contributed by atoms with Crippen molar-refractivity contribution in [3.05, 3.63) is 35.9 Å². The van der Waals surface area contributed by atoms with Crippen molar-refractivity contribution in [2.75, 3.05) is 25.5 Å². The summed E-state index contributed by atoms with van der Waals surface area (Å²) >= 11 is 0. The van der Waals surface area contributed by atoms with E-state index in [4.69, 9.17) is 4.74 Å². The van der Waals surface area contributed by atoms with Crippen LogP contribution in [0, 0.1) is 17.8 Å². The van der Waals surface area contributed by atoms with Crippen LogP contribution in [0.1, 0.15) is 35.7 Å². The molecule has 2 amide bonds. The van der Waals surface area contributed by atoms with Gasteiger partial charge >= 0.3 is 0 Å². The quantitative estimate of drug-likeness (QED) is 0.836. The number of hydrogen-bond acceptors (Lipinski definition) is 5. The normalized spacial score (nSPS) is 22.7. The molecule has 2 aliphatic heterocycles. The Morgan fingerprint density at radius 1 is 1.10 bits per heavy atom. The van der Waals surface area contributed by atoms with Gasteiger partial charge in [-0.15, -0.1) is 10.2 Å². The van der Waals surface area contributed by atoms with Crippen LogP contribution in [0.4, 0.5) is 5.69 Å². The molecule has 8 nitrogen and oxygen atoms in total. The zero-order valence-electron chi connectivity index (χ0n) is 16.5. The Bertz CT molecular complexity index is 934. The van der Waals surface area contributed by atoms with E-state index in [-0.39, 0.29) is 11.8 Å².